The van der Waals surface area contributed by atoms with Crippen LogP contribution in [0.1, 0.15) is 44.1 Å². The van der Waals surface area contributed by atoms with Crippen molar-refractivity contribution < 1.29 is 9.90 Å². The zero-order valence-electron chi connectivity index (χ0n) is 14.2. The molecule has 0 atom stereocenters. The maximum absolute atomic E-state index is 12.5. The lowest BCUT2D eigenvalue weighted by Crippen LogP contribution is -2.36. The van der Waals surface area contributed by atoms with Crippen LogP contribution in [0.4, 0.5) is 11.4 Å². The smallest absolute Gasteiger partial charge is 0.244 e. The van der Waals surface area contributed by atoms with Crippen molar-refractivity contribution >= 4 is 17.3 Å². The highest BCUT2D eigenvalue weighted by Gasteiger charge is 2.41. The number of nitriles is 2. The summed E-state index contributed by atoms with van der Waals surface area (Å²) in [5.74, 6) is -0.273. The van der Waals surface area contributed by atoms with Crippen LogP contribution < -0.4 is 10.2 Å². The second kappa shape index (κ2) is 7.13. The Bertz CT molecular complexity index is 733. The Balaban J connectivity index is 1.77. The Morgan fingerprint density at radius 2 is 1.92 bits per heavy atom. The third-order valence-corrected chi connectivity index (χ3v) is 5.29. The summed E-state index contributed by atoms with van der Waals surface area (Å²) in [6.45, 7) is 1.41. The van der Waals surface area contributed by atoms with E-state index < -0.39 is 5.41 Å². The van der Waals surface area contributed by atoms with E-state index in [1.807, 2.05) is 6.07 Å². The topological polar surface area (TPSA) is 100 Å². The molecule has 1 aromatic carbocycles. The SMILES string of the molecule is N#Cc1cc(NC(=O)C2(C#N)CCCC2)ccc1N1CCC(O)CC1. The predicted molar refractivity (Wildman–Crippen MR) is 93.8 cm³/mol. The number of aliphatic hydroxyl groups excluding tert-OH is 1. The van der Waals surface area contributed by atoms with Gasteiger partial charge in [0.25, 0.3) is 0 Å². The third kappa shape index (κ3) is 3.45. The number of hydrogen-bond donors (Lipinski definition) is 2. The molecule has 1 heterocycles. The van der Waals surface area contributed by atoms with Gasteiger partial charge < -0.3 is 15.3 Å². The number of carbonyl (C=O) groups is 1. The van der Waals surface area contributed by atoms with Crippen molar-refractivity contribution in [3.05, 3.63) is 23.8 Å². The van der Waals surface area contributed by atoms with Gasteiger partial charge in [0.15, 0.2) is 0 Å². The largest absolute Gasteiger partial charge is 0.393 e. The molecule has 0 bridgehead atoms. The van der Waals surface area contributed by atoms with Crippen molar-refractivity contribution in [2.24, 2.45) is 5.41 Å². The number of rotatable bonds is 3. The second-order valence-electron chi connectivity index (χ2n) is 6.92. The van der Waals surface area contributed by atoms with Gasteiger partial charge in [0.2, 0.25) is 5.91 Å². The van der Waals surface area contributed by atoms with Crippen molar-refractivity contribution in [3.63, 3.8) is 0 Å². The molecule has 1 amide bonds. The lowest BCUT2D eigenvalue weighted by atomic mass is 9.87. The zero-order valence-corrected chi connectivity index (χ0v) is 14.2. The normalized spacial score (nSPS) is 19.9. The molecule has 1 aliphatic heterocycles. The molecule has 0 unspecified atom stereocenters. The lowest BCUT2D eigenvalue weighted by molar-refractivity contribution is -0.122. The van der Waals surface area contributed by atoms with Gasteiger partial charge in [-0.05, 0) is 43.9 Å². The molecule has 2 fully saturated rings. The predicted octanol–water partition coefficient (Wildman–Crippen LogP) is 2.54. The Hall–Kier alpha value is -2.57. The van der Waals surface area contributed by atoms with E-state index >= 15 is 0 Å². The Kier molecular flexibility index (Phi) is 4.92. The molecule has 0 radical (unpaired) electrons. The number of nitrogens with one attached hydrogen (secondary N) is 1. The van der Waals surface area contributed by atoms with Crippen LogP contribution in [-0.2, 0) is 4.79 Å². The van der Waals surface area contributed by atoms with E-state index in [0.717, 1.165) is 18.5 Å². The molecule has 1 aliphatic carbocycles. The minimum atomic E-state index is -0.936. The van der Waals surface area contributed by atoms with Crippen LogP contribution in [0.5, 0.6) is 0 Å². The lowest BCUT2D eigenvalue weighted by Gasteiger charge is -2.32. The molecular weight excluding hydrogens is 316 g/mol. The highest BCUT2D eigenvalue weighted by atomic mass is 16.3. The summed E-state index contributed by atoms with van der Waals surface area (Å²) in [5.41, 5.74) is 0.924. The number of benzene rings is 1. The number of aliphatic hydroxyl groups is 1. The van der Waals surface area contributed by atoms with Crippen molar-refractivity contribution in [1.82, 2.24) is 0 Å². The first-order valence-corrected chi connectivity index (χ1v) is 8.78. The van der Waals surface area contributed by atoms with Crippen LogP contribution in [0, 0.1) is 28.1 Å². The van der Waals surface area contributed by atoms with Crippen LogP contribution in [-0.4, -0.2) is 30.2 Å². The number of anilines is 2. The fourth-order valence-corrected chi connectivity index (χ4v) is 3.70. The Morgan fingerprint density at radius 3 is 2.52 bits per heavy atom. The van der Waals surface area contributed by atoms with Crippen molar-refractivity contribution in [2.75, 3.05) is 23.3 Å². The van der Waals surface area contributed by atoms with E-state index in [9.17, 15) is 20.4 Å². The summed E-state index contributed by atoms with van der Waals surface area (Å²) in [7, 11) is 0. The molecule has 2 aliphatic rings. The zero-order chi connectivity index (χ0) is 17.9. The van der Waals surface area contributed by atoms with E-state index in [4.69, 9.17) is 0 Å². The van der Waals surface area contributed by atoms with Crippen LogP contribution in [0.15, 0.2) is 18.2 Å². The first kappa shape index (κ1) is 17.3. The van der Waals surface area contributed by atoms with Gasteiger partial charge in [-0.1, -0.05) is 12.8 Å². The average Bonchev–Trinajstić information content (AvgIpc) is 3.13. The minimum absolute atomic E-state index is 0.270. The summed E-state index contributed by atoms with van der Waals surface area (Å²) >= 11 is 0. The van der Waals surface area contributed by atoms with Crippen LogP contribution in [0.2, 0.25) is 0 Å². The second-order valence-corrected chi connectivity index (χ2v) is 6.92. The van der Waals surface area contributed by atoms with E-state index in [-0.39, 0.29) is 12.0 Å². The molecule has 1 aromatic rings. The highest BCUT2D eigenvalue weighted by Crippen LogP contribution is 2.38. The van der Waals surface area contributed by atoms with E-state index in [1.165, 1.54) is 0 Å². The maximum atomic E-state index is 12.5. The molecule has 1 saturated heterocycles. The number of amides is 1. The van der Waals surface area contributed by atoms with Gasteiger partial charge >= 0.3 is 0 Å². The molecule has 130 valence electrons. The fraction of sp³-hybridized carbons (Fsp3) is 0.526. The fourth-order valence-electron chi connectivity index (χ4n) is 3.70. The van der Waals surface area contributed by atoms with Gasteiger partial charge in [0.1, 0.15) is 11.5 Å². The average molecular weight is 338 g/mol. The third-order valence-electron chi connectivity index (χ3n) is 5.29. The number of piperidine rings is 1. The minimum Gasteiger partial charge on any atom is -0.393 e. The number of carbonyl (C=O) groups excluding carboxylic acids is 1. The summed E-state index contributed by atoms with van der Waals surface area (Å²) in [6.07, 6.45) is 4.08. The molecule has 2 N–H and O–H groups in total. The highest BCUT2D eigenvalue weighted by molar-refractivity contribution is 5.97. The maximum Gasteiger partial charge on any atom is 0.244 e. The first-order chi connectivity index (χ1) is 12.1. The Labute approximate surface area is 147 Å². The van der Waals surface area contributed by atoms with Gasteiger partial charge in [-0.25, -0.2) is 0 Å². The van der Waals surface area contributed by atoms with E-state index in [0.29, 0.717) is 50.0 Å². The molecule has 6 nitrogen and oxygen atoms in total. The summed E-state index contributed by atoms with van der Waals surface area (Å²) in [4.78, 5) is 14.6. The van der Waals surface area contributed by atoms with Crippen molar-refractivity contribution in [2.45, 2.75) is 44.6 Å². The summed E-state index contributed by atoms with van der Waals surface area (Å²) in [6, 6.07) is 9.65. The molecule has 0 aromatic heterocycles. The van der Waals surface area contributed by atoms with Crippen LogP contribution >= 0.6 is 0 Å². The molecule has 1 saturated carbocycles. The molecule has 0 spiro atoms. The van der Waals surface area contributed by atoms with Gasteiger partial charge in [-0.3, -0.25) is 4.79 Å². The quantitative estimate of drug-likeness (QED) is 0.882. The van der Waals surface area contributed by atoms with Crippen molar-refractivity contribution in [3.8, 4) is 12.1 Å². The standard InChI is InChI=1S/C19H22N4O2/c20-12-14-11-15(22-18(25)19(13-21)7-1-2-8-19)3-4-17(14)23-9-5-16(24)6-10-23/h3-4,11,16,24H,1-2,5-10H2,(H,22,25). The molecular formula is C19H22N4O2. The number of nitrogens with zero attached hydrogens (tertiary/aromatic N) is 3. The molecule has 25 heavy (non-hydrogen) atoms. The summed E-state index contributed by atoms with van der Waals surface area (Å²) < 4.78 is 0. The van der Waals surface area contributed by atoms with E-state index in [1.54, 1.807) is 12.1 Å². The van der Waals surface area contributed by atoms with Crippen LogP contribution in [0.25, 0.3) is 0 Å². The monoisotopic (exact) mass is 338 g/mol. The Morgan fingerprint density at radius 1 is 1.24 bits per heavy atom. The van der Waals surface area contributed by atoms with E-state index in [2.05, 4.69) is 22.4 Å². The first-order valence-electron chi connectivity index (χ1n) is 8.78. The van der Waals surface area contributed by atoms with Gasteiger partial charge in [-0.15, -0.1) is 0 Å². The van der Waals surface area contributed by atoms with Gasteiger partial charge in [0, 0.05) is 18.8 Å². The van der Waals surface area contributed by atoms with Gasteiger partial charge in [-0.2, -0.15) is 10.5 Å². The van der Waals surface area contributed by atoms with Crippen molar-refractivity contribution in [1.29, 1.82) is 10.5 Å². The summed E-state index contributed by atoms with van der Waals surface area (Å²) in [5, 5.41) is 31.3. The molecule has 6 heteroatoms. The number of hydrogen-bond acceptors (Lipinski definition) is 5. The molecule has 3 rings (SSSR count). The van der Waals surface area contributed by atoms with Crippen LogP contribution in [0.3, 0.4) is 0 Å². The van der Waals surface area contributed by atoms with Gasteiger partial charge in [0.05, 0.1) is 23.4 Å².